The van der Waals surface area contributed by atoms with E-state index in [1.165, 1.54) is 28.8 Å². The highest BCUT2D eigenvalue weighted by Gasteiger charge is 2.10. The first-order valence-corrected chi connectivity index (χ1v) is 8.21. The Labute approximate surface area is 129 Å². The Bertz CT molecular complexity index is 542. The van der Waals surface area contributed by atoms with Crippen LogP contribution in [0.25, 0.3) is 0 Å². The summed E-state index contributed by atoms with van der Waals surface area (Å²) in [7, 11) is 0. The molecule has 0 saturated heterocycles. The maximum atomic E-state index is 3.74. The van der Waals surface area contributed by atoms with Crippen molar-refractivity contribution in [2.45, 2.75) is 52.5 Å². The van der Waals surface area contributed by atoms with Crippen molar-refractivity contribution in [2.24, 2.45) is 0 Å². The molecule has 0 aliphatic heterocycles. The summed E-state index contributed by atoms with van der Waals surface area (Å²) in [4.78, 5) is 0. The molecule has 1 nitrogen and oxygen atoms in total. The Morgan fingerprint density at radius 2 is 1.62 bits per heavy atom. The predicted octanol–water partition coefficient (Wildman–Crippen LogP) is 5.76. The fourth-order valence-corrected chi connectivity index (χ4v) is 2.74. The lowest BCUT2D eigenvalue weighted by Crippen LogP contribution is -2.11. The number of hydrogen-bond donors (Lipinski definition) is 1. The second-order valence-electron chi connectivity index (χ2n) is 5.61. The molecule has 2 aromatic rings. The van der Waals surface area contributed by atoms with Crippen molar-refractivity contribution in [1.29, 1.82) is 0 Å². The van der Waals surface area contributed by atoms with E-state index in [9.17, 15) is 0 Å². The third-order valence-corrected chi connectivity index (χ3v) is 4.07. The lowest BCUT2D eigenvalue weighted by molar-refractivity contribution is 0.745. The van der Waals surface area contributed by atoms with E-state index < -0.39 is 0 Å². The first kappa shape index (κ1) is 15.6. The smallest absolute Gasteiger partial charge is 0.0511 e. The monoisotopic (exact) mass is 281 g/mol. The van der Waals surface area contributed by atoms with Crippen LogP contribution in [0.5, 0.6) is 0 Å². The maximum Gasteiger partial charge on any atom is 0.0511 e. The zero-order valence-electron chi connectivity index (χ0n) is 13.5. The van der Waals surface area contributed by atoms with Gasteiger partial charge in [-0.15, -0.1) is 0 Å². The lowest BCUT2D eigenvalue weighted by atomic mass is 10.0. The summed E-state index contributed by atoms with van der Waals surface area (Å²) < 4.78 is 0. The number of benzene rings is 2. The zero-order chi connectivity index (χ0) is 15.1. The Kier molecular flexibility index (Phi) is 5.86. The van der Waals surface area contributed by atoms with Gasteiger partial charge in [0.1, 0.15) is 0 Å². The third-order valence-electron chi connectivity index (χ3n) is 4.07. The average Bonchev–Trinajstić information content (AvgIpc) is 2.54. The SMILES string of the molecule is CCCc1ccccc1NC(CC)c1ccc(CC)cc1. The predicted molar refractivity (Wildman–Crippen MR) is 92.9 cm³/mol. The molecule has 1 N–H and O–H groups in total. The van der Waals surface area contributed by atoms with Crippen molar-refractivity contribution in [3.8, 4) is 0 Å². The van der Waals surface area contributed by atoms with Gasteiger partial charge in [0.15, 0.2) is 0 Å². The van der Waals surface area contributed by atoms with Crippen LogP contribution >= 0.6 is 0 Å². The summed E-state index contributed by atoms with van der Waals surface area (Å²) >= 11 is 0. The van der Waals surface area contributed by atoms with E-state index in [-0.39, 0.29) is 0 Å². The molecule has 2 rings (SSSR count). The molecule has 1 atom stereocenters. The molecule has 0 aliphatic carbocycles. The molecule has 2 aromatic carbocycles. The molecule has 0 amide bonds. The summed E-state index contributed by atoms with van der Waals surface area (Å²) in [6.45, 7) is 6.68. The zero-order valence-corrected chi connectivity index (χ0v) is 13.5. The van der Waals surface area contributed by atoms with Crippen LogP contribution in [0.15, 0.2) is 48.5 Å². The Morgan fingerprint density at radius 3 is 2.24 bits per heavy atom. The van der Waals surface area contributed by atoms with E-state index >= 15 is 0 Å². The molecule has 0 fully saturated rings. The normalized spacial score (nSPS) is 12.1. The molecule has 0 radical (unpaired) electrons. The van der Waals surface area contributed by atoms with Gasteiger partial charge in [-0.3, -0.25) is 0 Å². The average molecular weight is 281 g/mol. The molecule has 0 aliphatic rings. The van der Waals surface area contributed by atoms with Crippen molar-refractivity contribution in [1.82, 2.24) is 0 Å². The number of rotatable bonds is 7. The van der Waals surface area contributed by atoms with E-state index in [0.717, 1.165) is 19.3 Å². The van der Waals surface area contributed by atoms with E-state index in [2.05, 4.69) is 74.6 Å². The van der Waals surface area contributed by atoms with Gasteiger partial charge in [0, 0.05) is 5.69 Å². The van der Waals surface area contributed by atoms with Gasteiger partial charge in [-0.05, 0) is 42.0 Å². The van der Waals surface area contributed by atoms with Gasteiger partial charge in [0.2, 0.25) is 0 Å². The Morgan fingerprint density at radius 1 is 0.905 bits per heavy atom. The van der Waals surface area contributed by atoms with Gasteiger partial charge in [-0.1, -0.05) is 69.7 Å². The van der Waals surface area contributed by atoms with Gasteiger partial charge in [-0.25, -0.2) is 0 Å². The Hall–Kier alpha value is -1.76. The molecule has 0 aromatic heterocycles. The maximum absolute atomic E-state index is 3.74. The van der Waals surface area contributed by atoms with E-state index in [4.69, 9.17) is 0 Å². The second kappa shape index (κ2) is 7.87. The first-order chi connectivity index (χ1) is 10.3. The van der Waals surface area contributed by atoms with Gasteiger partial charge in [-0.2, -0.15) is 0 Å². The molecular weight excluding hydrogens is 254 g/mol. The fraction of sp³-hybridized carbons (Fsp3) is 0.400. The topological polar surface area (TPSA) is 12.0 Å². The van der Waals surface area contributed by atoms with Crippen molar-refractivity contribution in [3.63, 3.8) is 0 Å². The van der Waals surface area contributed by atoms with E-state index in [0.29, 0.717) is 6.04 Å². The van der Waals surface area contributed by atoms with Crippen LogP contribution in [-0.2, 0) is 12.8 Å². The van der Waals surface area contributed by atoms with Crippen molar-refractivity contribution in [2.75, 3.05) is 5.32 Å². The lowest BCUT2D eigenvalue weighted by Gasteiger charge is -2.21. The van der Waals surface area contributed by atoms with Crippen LogP contribution < -0.4 is 5.32 Å². The summed E-state index contributed by atoms with van der Waals surface area (Å²) in [5.74, 6) is 0. The van der Waals surface area contributed by atoms with Crippen LogP contribution in [0.4, 0.5) is 5.69 Å². The molecule has 21 heavy (non-hydrogen) atoms. The molecule has 112 valence electrons. The molecule has 1 heteroatoms. The Balaban J connectivity index is 2.18. The van der Waals surface area contributed by atoms with Gasteiger partial charge < -0.3 is 5.32 Å². The van der Waals surface area contributed by atoms with Crippen molar-refractivity contribution >= 4 is 5.69 Å². The molecular formula is C20H27N. The van der Waals surface area contributed by atoms with Crippen molar-refractivity contribution in [3.05, 3.63) is 65.2 Å². The van der Waals surface area contributed by atoms with Gasteiger partial charge >= 0.3 is 0 Å². The summed E-state index contributed by atoms with van der Waals surface area (Å²) in [6, 6.07) is 18.1. The molecule has 0 heterocycles. The molecule has 0 bridgehead atoms. The van der Waals surface area contributed by atoms with Crippen LogP contribution in [0, 0.1) is 0 Å². The van der Waals surface area contributed by atoms with Gasteiger partial charge in [0.25, 0.3) is 0 Å². The number of nitrogens with one attached hydrogen (secondary N) is 1. The standard InChI is InChI=1S/C20H27N/c1-4-9-17-10-7-8-11-20(17)21-19(6-3)18-14-12-16(5-2)13-15-18/h7-8,10-15,19,21H,4-6,9H2,1-3H3. The van der Waals surface area contributed by atoms with Crippen LogP contribution in [-0.4, -0.2) is 0 Å². The quantitative estimate of drug-likeness (QED) is 0.680. The number of aryl methyl sites for hydroxylation is 2. The highest BCUT2D eigenvalue weighted by atomic mass is 14.9. The van der Waals surface area contributed by atoms with Crippen molar-refractivity contribution < 1.29 is 0 Å². The minimum Gasteiger partial charge on any atom is -0.378 e. The first-order valence-electron chi connectivity index (χ1n) is 8.21. The summed E-state index contributed by atoms with van der Waals surface area (Å²) in [6.07, 6.45) is 4.50. The number of hydrogen-bond acceptors (Lipinski definition) is 1. The highest BCUT2D eigenvalue weighted by Crippen LogP contribution is 2.26. The van der Waals surface area contributed by atoms with E-state index in [1.54, 1.807) is 0 Å². The third kappa shape index (κ3) is 4.10. The van der Waals surface area contributed by atoms with Gasteiger partial charge in [0.05, 0.1) is 6.04 Å². The van der Waals surface area contributed by atoms with E-state index in [1.807, 2.05) is 0 Å². The minimum absolute atomic E-state index is 0.383. The highest BCUT2D eigenvalue weighted by molar-refractivity contribution is 5.52. The molecule has 0 spiro atoms. The molecule has 1 unspecified atom stereocenters. The molecule has 0 saturated carbocycles. The summed E-state index contributed by atoms with van der Waals surface area (Å²) in [5, 5.41) is 3.74. The van der Waals surface area contributed by atoms with Crippen LogP contribution in [0.3, 0.4) is 0 Å². The minimum atomic E-state index is 0.383. The number of para-hydroxylation sites is 1. The fourth-order valence-electron chi connectivity index (χ4n) is 2.74. The largest absolute Gasteiger partial charge is 0.378 e. The summed E-state index contributed by atoms with van der Waals surface area (Å²) in [5.41, 5.74) is 5.48. The van der Waals surface area contributed by atoms with Crippen LogP contribution in [0.2, 0.25) is 0 Å². The second-order valence-corrected chi connectivity index (χ2v) is 5.61. The van der Waals surface area contributed by atoms with Crippen LogP contribution in [0.1, 0.15) is 56.3 Å². The number of anilines is 1.